The van der Waals surface area contributed by atoms with Gasteiger partial charge in [0.2, 0.25) is 5.91 Å². The summed E-state index contributed by atoms with van der Waals surface area (Å²) >= 11 is 0. The van der Waals surface area contributed by atoms with Gasteiger partial charge >= 0.3 is 0 Å². The fourth-order valence-electron chi connectivity index (χ4n) is 3.46. The van der Waals surface area contributed by atoms with Crippen molar-refractivity contribution < 1.29 is 4.79 Å². The molecule has 1 saturated heterocycles. The molecule has 0 aliphatic carbocycles. The third-order valence-corrected chi connectivity index (χ3v) is 4.93. The zero-order chi connectivity index (χ0) is 17.6. The molecule has 128 valence electrons. The molecule has 1 aliphatic heterocycles. The number of carbonyl (C=O) groups excluding carboxylic acids is 1. The van der Waals surface area contributed by atoms with Crippen LogP contribution in [0.1, 0.15) is 35.9 Å². The molecule has 0 radical (unpaired) electrons. The number of likely N-dealkylation sites (tertiary alicyclic amines) is 1. The molecule has 25 heavy (non-hydrogen) atoms. The quantitative estimate of drug-likeness (QED) is 0.931. The van der Waals surface area contributed by atoms with Gasteiger partial charge in [-0.3, -0.25) is 9.78 Å². The molecule has 1 unspecified atom stereocenters. The van der Waals surface area contributed by atoms with Gasteiger partial charge in [-0.15, -0.1) is 0 Å². The van der Waals surface area contributed by atoms with Gasteiger partial charge in [0.15, 0.2) is 0 Å². The van der Waals surface area contributed by atoms with Crippen molar-refractivity contribution in [3.05, 3.63) is 66.0 Å². The van der Waals surface area contributed by atoms with Crippen LogP contribution in [0.15, 0.2) is 54.9 Å². The number of aromatic nitrogens is 1. The van der Waals surface area contributed by atoms with Crippen molar-refractivity contribution in [1.29, 1.82) is 5.26 Å². The van der Waals surface area contributed by atoms with Gasteiger partial charge in [0.1, 0.15) is 6.04 Å². The lowest BCUT2D eigenvalue weighted by Crippen LogP contribution is -2.44. The summed E-state index contributed by atoms with van der Waals surface area (Å²) in [6, 6.07) is 15.0. The number of rotatable bonds is 4. The topological polar surface area (TPSA) is 83.0 Å². The van der Waals surface area contributed by atoms with Crippen molar-refractivity contribution in [2.45, 2.75) is 24.8 Å². The summed E-state index contributed by atoms with van der Waals surface area (Å²) in [4.78, 5) is 18.6. The Morgan fingerprint density at radius 2 is 1.84 bits per heavy atom. The maximum atomic E-state index is 12.6. The van der Waals surface area contributed by atoms with E-state index < -0.39 is 6.04 Å². The van der Waals surface area contributed by atoms with Crippen molar-refractivity contribution in [2.24, 2.45) is 11.7 Å². The second-order valence-electron chi connectivity index (χ2n) is 6.44. The minimum atomic E-state index is -0.622. The standard InChI is InChI=1S/C20H22N4O/c21-13-18(17-7-4-10-23-14-17)15-8-11-24(12-9-15)20(25)19(22)16-5-2-1-3-6-16/h1-7,10,14-15,18-19H,8-9,11-12,22H2/t18?,19-/m0/s1. The van der Waals surface area contributed by atoms with Gasteiger partial charge in [0, 0.05) is 25.5 Å². The van der Waals surface area contributed by atoms with Crippen molar-refractivity contribution in [3.63, 3.8) is 0 Å². The summed E-state index contributed by atoms with van der Waals surface area (Å²) in [5.41, 5.74) is 7.92. The Labute approximate surface area is 148 Å². The monoisotopic (exact) mass is 334 g/mol. The highest BCUT2D eigenvalue weighted by Gasteiger charge is 2.31. The number of benzene rings is 1. The number of hydrogen-bond donors (Lipinski definition) is 1. The number of hydrogen-bond acceptors (Lipinski definition) is 4. The molecule has 1 amide bonds. The molecule has 2 atom stereocenters. The average Bonchev–Trinajstić information content (AvgIpc) is 2.69. The first-order valence-corrected chi connectivity index (χ1v) is 8.59. The first-order valence-electron chi connectivity index (χ1n) is 8.59. The number of nitrogens with two attached hydrogens (primary N) is 1. The van der Waals surface area contributed by atoms with Crippen LogP contribution in [0.25, 0.3) is 0 Å². The van der Waals surface area contributed by atoms with Gasteiger partial charge in [-0.25, -0.2) is 0 Å². The Hall–Kier alpha value is -2.71. The molecule has 2 heterocycles. The average molecular weight is 334 g/mol. The summed E-state index contributed by atoms with van der Waals surface area (Å²) in [6.07, 6.45) is 5.08. The van der Waals surface area contributed by atoms with E-state index in [0.717, 1.165) is 24.0 Å². The molecule has 5 heteroatoms. The summed E-state index contributed by atoms with van der Waals surface area (Å²) in [7, 11) is 0. The fourth-order valence-corrected chi connectivity index (χ4v) is 3.46. The van der Waals surface area contributed by atoms with E-state index >= 15 is 0 Å². The van der Waals surface area contributed by atoms with Crippen LogP contribution in [0.4, 0.5) is 0 Å². The minimum Gasteiger partial charge on any atom is -0.341 e. The second-order valence-corrected chi connectivity index (χ2v) is 6.44. The zero-order valence-electron chi connectivity index (χ0n) is 14.1. The Bertz CT molecular complexity index is 733. The molecule has 1 aromatic carbocycles. The molecule has 0 saturated carbocycles. The lowest BCUT2D eigenvalue weighted by molar-refractivity contribution is -0.134. The number of pyridine rings is 1. The van der Waals surface area contributed by atoms with Crippen LogP contribution < -0.4 is 5.73 Å². The lowest BCUT2D eigenvalue weighted by atomic mass is 9.81. The van der Waals surface area contributed by atoms with E-state index in [-0.39, 0.29) is 17.7 Å². The van der Waals surface area contributed by atoms with Crippen LogP contribution in [-0.4, -0.2) is 28.9 Å². The Balaban J connectivity index is 1.62. The molecule has 2 N–H and O–H groups in total. The van der Waals surface area contributed by atoms with E-state index in [2.05, 4.69) is 11.1 Å². The molecule has 5 nitrogen and oxygen atoms in total. The Morgan fingerprint density at radius 1 is 1.16 bits per heavy atom. The number of nitriles is 1. The zero-order valence-corrected chi connectivity index (χ0v) is 14.1. The number of piperidine rings is 1. The van der Waals surface area contributed by atoms with Gasteiger partial charge < -0.3 is 10.6 Å². The van der Waals surface area contributed by atoms with Crippen molar-refractivity contribution in [2.75, 3.05) is 13.1 Å². The first-order chi connectivity index (χ1) is 12.2. The van der Waals surface area contributed by atoms with Crippen LogP contribution in [0.2, 0.25) is 0 Å². The molecule has 1 fully saturated rings. The Morgan fingerprint density at radius 3 is 2.44 bits per heavy atom. The van der Waals surface area contributed by atoms with E-state index in [1.54, 1.807) is 12.4 Å². The van der Waals surface area contributed by atoms with Crippen molar-refractivity contribution >= 4 is 5.91 Å². The number of amides is 1. The highest BCUT2D eigenvalue weighted by molar-refractivity contribution is 5.83. The SMILES string of the molecule is N#CC(c1cccnc1)C1CCN(C(=O)[C@@H](N)c2ccccc2)CC1. The molecule has 3 rings (SSSR count). The molecule has 1 aromatic heterocycles. The summed E-state index contributed by atoms with van der Waals surface area (Å²) in [6.45, 7) is 1.28. The van der Waals surface area contributed by atoms with Gasteiger partial charge in [-0.1, -0.05) is 36.4 Å². The molecular formula is C20H22N4O. The molecule has 2 aromatic rings. The highest BCUT2D eigenvalue weighted by atomic mass is 16.2. The first kappa shape index (κ1) is 17.1. The van der Waals surface area contributed by atoms with Gasteiger partial charge in [0.25, 0.3) is 0 Å². The molecule has 0 bridgehead atoms. The normalized spacial score (nSPS) is 17.5. The van der Waals surface area contributed by atoms with Gasteiger partial charge in [0.05, 0.1) is 12.0 Å². The predicted molar refractivity (Wildman–Crippen MR) is 95.3 cm³/mol. The van der Waals surface area contributed by atoms with Crippen molar-refractivity contribution in [3.8, 4) is 6.07 Å². The maximum Gasteiger partial charge on any atom is 0.244 e. The van der Waals surface area contributed by atoms with E-state index in [4.69, 9.17) is 5.73 Å². The summed E-state index contributed by atoms with van der Waals surface area (Å²) in [5, 5.41) is 9.57. The van der Waals surface area contributed by atoms with Gasteiger partial charge in [-0.2, -0.15) is 5.26 Å². The largest absolute Gasteiger partial charge is 0.341 e. The number of carbonyl (C=O) groups is 1. The van der Waals surface area contributed by atoms with E-state index in [1.807, 2.05) is 47.4 Å². The smallest absolute Gasteiger partial charge is 0.244 e. The third-order valence-electron chi connectivity index (χ3n) is 4.93. The van der Waals surface area contributed by atoms with Crippen LogP contribution in [0.3, 0.4) is 0 Å². The van der Waals surface area contributed by atoms with Crippen LogP contribution in [0.5, 0.6) is 0 Å². The molecule has 0 spiro atoms. The molecule has 1 aliphatic rings. The van der Waals surface area contributed by atoms with E-state index in [0.29, 0.717) is 13.1 Å². The minimum absolute atomic E-state index is 0.0421. The number of nitrogens with zero attached hydrogens (tertiary/aromatic N) is 3. The Kier molecular flexibility index (Phi) is 5.42. The maximum absolute atomic E-state index is 12.6. The summed E-state index contributed by atoms with van der Waals surface area (Å²) < 4.78 is 0. The van der Waals surface area contributed by atoms with Gasteiger partial charge in [-0.05, 0) is 36.0 Å². The predicted octanol–water partition coefficient (Wildman–Crippen LogP) is 2.63. The second kappa shape index (κ2) is 7.91. The van der Waals surface area contributed by atoms with Crippen LogP contribution in [-0.2, 0) is 4.79 Å². The van der Waals surface area contributed by atoms with Crippen LogP contribution in [0, 0.1) is 17.2 Å². The van der Waals surface area contributed by atoms with Crippen molar-refractivity contribution in [1.82, 2.24) is 9.88 Å². The van der Waals surface area contributed by atoms with E-state index in [1.165, 1.54) is 0 Å². The molecular weight excluding hydrogens is 312 g/mol. The lowest BCUT2D eigenvalue weighted by Gasteiger charge is -2.35. The van der Waals surface area contributed by atoms with E-state index in [9.17, 15) is 10.1 Å². The summed E-state index contributed by atoms with van der Waals surface area (Å²) in [5.74, 6) is 0.0273. The fraction of sp³-hybridized carbons (Fsp3) is 0.350. The highest BCUT2D eigenvalue weighted by Crippen LogP contribution is 2.32. The van der Waals surface area contributed by atoms with Crippen LogP contribution >= 0.6 is 0 Å². The third kappa shape index (κ3) is 3.86.